The van der Waals surface area contributed by atoms with Gasteiger partial charge in [0.1, 0.15) is 0 Å². The van der Waals surface area contributed by atoms with Crippen LogP contribution in [0.2, 0.25) is 8.87 Å². The molecule has 0 spiro atoms. The topological polar surface area (TPSA) is 52.6 Å². The van der Waals surface area contributed by atoms with Crippen molar-refractivity contribution in [1.82, 2.24) is 0 Å². The van der Waals surface area contributed by atoms with Gasteiger partial charge in [-0.25, -0.2) is 0 Å². The quantitative estimate of drug-likeness (QED) is 0.198. The zero-order chi connectivity index (χ0) is 21.0. The van der Waals surface area contributed by atoms with Crippen LogP contribution in [0.25, 0.3) is 0 Å². The molecule has 2 radical (unpaired) electrons. The van der Waals surface area contributed by atoms with Gasteiger partial charge in [0.05, 0.1) is 0 Å². The Kier molecular flexibility index (Phi) is 14.7. The van der Waals surface area contributed by atoms with E-state index in [2.05, 4.69) is 53.0 Å². The van der Waals surface area contributed by atoms with Crippen molar-refractivity contribution in [2.24, 2.45) is 23.2 Å². The molecule has 0 aromatic heterocycles. The van der Waals surface area contributed by atoms with Gasteiger partial charge in [-0.1, -0.05) is 0 Å². The van der Waals surface area contributed by atoms with E-state index in [1.165, 1.54) is 0 Å². The van der Waals surface area contributed by atoms with Crippen LogP contribution >= 0.6 is 25.3 Å². The summed E-state index contributed by atoms with van der Waals surface area (Å²) in [5, 5.41) is -0.0857. The molecule has 27 heavy (non-hydrogen) atoms. The molecule has 0 aliphatic carbocycles. The van der Waals surface area contributed by atoms with Crippen LogP contribution in [0.3, 0.4) is 0 Å². The zero-order valence-corrected chi connectivity index (χ0v) is 22.4. The molecule has 0 aromatic rings. The van der Waals surface area contributed by atoms with E-state index >= 15 is 0 Å². The van der Waals surface area contributed by atoms with Crippen molar-refractivity contribution >= 4 is 58.3 Å². The zero-order valence-electron chi connectivity index (χ0n) is 17.8. The number of ether oxygens (including phenoxy) is 2. The Hall–Kier alpha value is 0.439. The minimum absolute atomic E-state index is 0.0857. The van der Waals surface area contributed by atoms with Crippen molar-refractivity contribution in [2.45, 2.75) is 68.5 Å². The molecule has 3 atom stereocenters. The number of carbonyl (C=O) groups excluding carboxylic acids is 2. The molecule has 0 fully saturated rings. The Morgan fingerprint density at radius 3 is 1.96 bits per heavy atom. The first-order valence-electron chi connectivity index (χ1n) is 9.88. The van der Waals surface area contributed by atoms with Crippen molar-refractivity contribution in [3.63, 3.8) is 0 Å². The van der Waals surface area contributed by atoms with Crippen molar-refractivity contribution in [3.05, 3.63) is 0 Å². The SMILES string of the molecule is CC(C)CCOC(=O)C(CS)[CH2][Sn][CH2]C(C)(C(=O)OCCC(C)C)C(C)S. The van der Waals surface area contributed by atoms with Gasteiger partial charge in [-0.05, 0) is 0 Å². The summed E-state index contributed by atoms with van der Waals surface area (Å²) < 4.78 is 12.5. The molecule has 7 heteroatoms. The molecule has 0 heterocycles. The van der Waals surface area contributed by atoms with E-state index in [0.29, 0.717) is 30.8 Å². The minimum atomic E-state index is -0.967. The molecule has 0 saturated heterocycles. The van der Waals surface area contributed by atoms with Crippen molar-refractivity contribution in [1.29, 1.82) is 0 Å². The van der Waals surface area contributed by atoms with Crippen LogP contribution in [0.4, 0.5) is 0 Å². The number of hydrogen-bond donors (Lipinski definition) is 2. The van der Waals surface area contributed by atoms with E-state index in [0.717, 1.165) is 21.7 Å². The molecule has 0 aliphatic rings. The third-order valence-corrected chi connectivity index (χ3v) is 10.7. The summed E-state index contributed by atoms with van der Waals surface area (Å²) in [5.41, 5.74) is -0.588. The number of esters is 2. The Labute approximate surface area is 187 Å². The standard InChI is InChI=1S/C11H21O2S.C9H17O2S.Sn/c1-8(2)6-7-13-10(12)11(4,5)9(3)14;1-7(2)4-5-11-9(10)8(3)6-12;/h8-9,14H,4,6-7H2,1-3,5H3;7-8,12H,3-6H2,1-2H3;. The predicted octanol–water partition coefficient (Wildman–Crippen LogP) is 4.58. The fourth-order valence-corrected chi connectivity index (χ4v) is 8.91. The van der Waals surface area contributed by atoms with Crippen LogP contribution in [0.1, 0.15) is 54.4 Å². The second-order valence-electron chi connectivity index (χ2n) is 8.27. The van der Waals surface area contributed by atoms with Crippen molar-refractivity contribution in [2.75, 3.05) is 19.0 Å². The molecule has 158 valence electrons. The molecule has 0 N–H and O–H groups in total. The summed E-state index contributed by atoms with van der Waals surface area (Å²) in [6.07, 6.45) is 1.75. The fourth-order valence-electron chi connectivity index (χ4n) is 2.18. The fraction of sp³-hybridized carbons (Fsp3) is 0.900. The van der Waals surface area contributed by atoms with Crippen LogP contribution in [-0.4, -0.2) is 57.3 Å². The monoisotopic (exact) mass is 526 g/mol. The van der Waals surface area contributed by atoms with Crippen molar-refractivity contribution < 1.29 is 19.1 Å². The summed E-state index contributed by atoms with van der Waals surface area (Å²) in [5.74, 6) is 1.05. The Morgan fingerprint density at radius 1 is 1.00 bits per heavy atom. The van der Waals surface area contributed by atoms with Gasteiger partial charge in [-0.3, -0.25) is 0 Å². The van der Waals surface area contributed by atoms with Gasteiger partial charge in [0.2, 0.25) is 0 Å². The molecule has 0 amide bonds. The normalized spacial score (nSPS) is 16.1. The molecular formula is C20H38O4S2Sn. The molecule has 0 saturated carbocycles. The van der Waals surface area contributed by atoms with Crippen LogP contribution in [0, 0.1) is 23.2 Å². The number of thiol groups is 2. The van der Waals surface area contributed by atoms with Crippen molar-refractivity contribution in [3.8, 4) is 0 Å². The van der Waals surface area contributed by atoms with Gasteiger partial charge in [0.15, 0.2) is 0 Å². The van der Waals surface area contributed by atoms with Gasteiger partial charge in [-0.2, -0.15) is 0 Å². The van der Waals surface area contributed by atoms with E-state index in [1.807, 2.05) is 13.8 Å². The van der Waals surface area contributed by atoms with Gasteiger partial charge in [-0.15, -0.1) is 0 Å². The number of carbonyl (C=O) groups is 2. The number of rotatable bonds is 14. The van der Waals surface area contributed by atoms with Gasteiger partial charge >= 0.3 is 188 Å². The molecule has 3 unspecified atom stereocenters. The molecule has 0 bridgehead atoms. The third kappa shape index (κ3) is 11.3. The summed E-state index contributed by atoms with van der Waals surface area (Å²) in [4.78, 5) is 24.9. The van der Waals surface area contributed by atoms with E-state index in [4.69, 9.17) is 9.47 Å². The average Bonchev–Trinajstić information content (AvgIpc) is 2.57. The molecule has 0 aromatic carbocycles. The second kappa shape index (κ2) is 14.4. The molecule has 0 aliphatic heterocycles. The molecule has 4 nitrogen and oxygen atoms in total. The molecular weight excluding hydrogens is 487 g/mol. The summed E-state index contributed by atoms with van der Waals surface area (Å²) in [7, 11) is 0. The summed E-state index contributed by atoms with van der Waals surface area (Å²) in [6, 6.07) is 0. The first-order chi connectivity index (χ1) is 12.5. The van der Waals surface area contributed by atoms with E-state index in [1.54, 1.807) is 0 Å². The number of hydrogen-bond acceptors (Lipinski definition) is 6. The first kappa shape index (κ1) is 27.4. The van der Waals surface area contributed by atoms with Gasteiger partial charge in [0, 0.05) is 0 Å². The van der Waals surface area contributed by atoms with Gasteiger partial charge in [0.25, 0.3) is 0 Å². The maximum absolute atomic E-state index is 12.6. The van der Waals surface area contributed by atoms with Crippen LogP contribution in [0.15, 0.2) is 0 Å². The average molecular weight is 525 g/mol. The van der Waals surface area contributed by atoms with Crippen LogP contribution in [0.5, 0.6) is 0 Å². The first-order valence-corrected chi connectivity index (χ1v) is 15.1. The van der Waals surface area contributed by atoms with E-state index in [9.17, 15) is 9.59 Å². The second-order valence-corrected chi connectivity index (χ2v) is 13.0. The Bertz CT molecular complexity index is 444. The third-order valence-electron chi connectivity index (χ3n) is 4.69. The van der Waals surface area contributed by atoms with Crippen LogP contribution < -0.4 is 0 Å². The summed E-state index contributed by atoms with van der Waals surface area (Å²) >= 11 is 7.92. The van der Waals surface area contributed by atoms with E-state index < -0.39 is 26.6 Å². The Balaban J connectivity index is 4.56. The predicted molar refractivity (Wildman–Crippen MR) is 120 cm³/mol. The Morgan fingerprint density at radius 2 is 1.52 bits per heavy atom. The van der Waals surface area contributed by atoms with Crippen LogP contribution in [-0.2, 0) is 19.1 Å². The van der Waals surface area contributed by atoms with Gasteiger partial charge < -0.3 is 0 Å². The maximum atomic E-state index is 12.6. The van der Waals surface area contributed by atoms with E-state index in [-0.39, 0.29) is 23.1 Å². The summed E-state index contributed by atoms with van der Waals surface area (Å²) in [6.45, 7) is 13.3. The molecule has 0 rings (SSSR count).